The third kappa shape index (κ3) is 4.21. The lowest BCUT2D eigenvalue weighted by Gasteiger charge is -2.10. The first kappa shape index (κ1) is 20.3. The first-order chi connectivity index (χ1) is 13.7. The van der Waals surface area contributed by atoms with Gasteiger partial charge in [-0.25, -0.2) is 18.0 Å². The van der Waals surface area contributed by atoms with E-state index in [4.69, 9.17) is 9.15 Å². The summed E-state index contributed by atoms with van der Waals surface area (Å²) in [6.45, 7) is -0.355. The van der Waals surface area contributed by atoms with Gasteiger partial charge in [0.1, 0.15) is 6.61 Å². The van der Waals surface area contributed by atoms with Crippen molar-refractivity contribution >= 4 is 15.8 Å². The number of nitrogens with zero attached hydrogens (tertiary/aromatic N) is 2. The molecule has 0 saturated heterocycles. The van der Waals surface area contributed by atoms with Crippen LogP contribution in [-0.2, 0) is 41.0 Å². The molecule has 0 N–H and O–H groups in total. The van der Waals surface area contributed by atoms with Crippen LogP contribution in [0.15, 0.2) is 67.6 Å². The fraction of sp³-hybridized carbons (Fsp3) is 0.211. The van der Waals surface area contributed by atoms with E-state index in [0.717, 1.165) is 4.57 Å². The molecular weight excluding hydrogens is 400 g/mol. The van der Waals surface area contributed by atoms with Crippen molar-refractivity contribution in [3.8, 4) is 0 Å². The van der Waals surface area contributed by atoms with Crippen LogP contribution >= 0.6 is 0 Å². The normalized spacial score (nSPS) is 11.4. The third-order valence-electron chi connectivity index (χ3n) is 4.36. The average molecular weight is 418 g/mol. The molecule has 0 bridgehead atoms. The fourth-order valence-electron chi connectivity index (χ4n) is 2.67. The maximum absolute atomic E-state index is 12.5. The van der Waals surface area contributed by atoms with Gasteiger partial charge >= 0.3 is 11.7 Å². The molecule has 2 heterocycles. The topological polar surface area (TPSA) is 118 Å². The molecule has 0 saturated carbocycles. The Balaban J connectivity index is 1.78. The van der Waals surface area contributed by atoms with Crippen molar-refractivity contribution in [2.75, 3.05) is 0 Å². The van der Waals surface area contributed by atoms with E-state index >= 15 is 0 Å². The molecule has 29 heavy (non-hydrogen) atoms. The molecule has 3 aromatic rings. The van der Waals surface area contributed by atoms with Gasteiger partial charge in [0.25, 0.3) is 5.56 Å². The third-order valence-corrected chi connectivity index (χ3v) is 6.04. The molecule has 9 nitrogen and oxygen atoms in total. The first-order valence-corrected chi connectivity index (χ1v) is 10.1. The van der Waals surface area contributed by atoms with E-state index in [1.165, 1.54) is 49.2 Å². The second kappa shape index (κ2) is 7.92. The molecule has 3 rings (SSSR count). The number of sulfone groups is 1. The number of rotatable bonds is 6. The van der Waals surface area contributed by atoms with Crippen LogP contribution in [0.4, 0.5) is 0 Å². The van der Waals surface area contributed by atoms with Gasteiger partial charge in [0, 0.05) is 25.7 Å². The number of ether oxygens (including phenoxy) is 1. The summed E-state index contributed by atoms with van der Waals surface area (Å²) in [5.41, 5.74) is -0.754. The number of benzene rings is 1. The van der Waals surface area contributed by atoms with Crippen LogP contribution in [0, 0.1) is 0 Å². The summed E-state index contributed by atoms with van der Waals surface area (Å²) in [6, 6.07) is 10.4. The predicted molar refractivity (Wildman–Crippen MR) is 102 cm³/mol. The molecule has 0 radical (unpaired) electrons. The van der Waals surface area contributed by atoms with Gasteiger partial charge in [-0.3, -0.25) is 13.9 Å². The minimum absolute atomic E-state index is 0.121. The second-order valence-corrected chi connectivity index (χ2v) is 8.29. The highest BCUT2D eigenvalue weighted by molar-refractivity contribution is 7.90. The Labute approximate surface area is 165 Å². The molecule has 0 spiro atoms. The van der Waals surface area contributed by atoms with E-state index in [1.807, 2.05) is 0 Å². The Morgan fingerprint density at radius 2 is 1.76 bits per heavy atom. The molecule has 1 aromatic carbocycles. The van der Waals surface area contributed by atoms with Gasteiger partial charge < -0.3 is 9.15 Å². The van der Waals surface area contributed by atoms with Crippen LogP contribution < -0.4 is 11.2 Å². The van der Waals surface area contributed by atoms with E-state index in [2.05, 4.69) is 0 Å². The highest BCUT2D eigenvalue weighted by Crippen LogP contribution is 2.20. The Kier molecular flexibility index (Phi) is 5.55. The molecular formula is C19H18N2O7S. The lowest BCUT2D eigenvalue weighted by Crippen LogP contribution is -2.38. The monoisotopic (exact) mass is 418 g/mol. The Morgan fingerprint density at radius 1 is 1.07 bits per heavy atom. The molecule has 0 amide bonds. The number of carbonyl (C=O) groups is 1. The summed E-state index contributed by atoms with van der Waals surface area (Å²) in [4.78, 5) is 36.2. The summed E-state index contributed by atoms with van der Waals surface area (Å²) >= 11 is 0. The maximum atomic E-state index is 12.5. The van der Waals surface area contributed by atoms with Crippen molar-refractivity contribution in [3.63, 3.8) is 0 Å². The molecule has 0 aliphatic rings. The predicted octanol–water partition coefficient (Wildman–Crippen LogP) is 1.01. The summed E-state index contributed by atoms with van der Waals surface area (Å²) in [5, 5.41) is 0. The van der Waals surface area contributed by atoms with Crippen LogP contribution in [0.2, 0.25) is 0 Å². The van der Waals surface area contributed by atoms with Crippen molar-refractivity contribution in [2.24, 2.45) is 14.1 Å². The molecule has 10 heteroatoms. The molecule has 0 unspecified atom stereocenters. The average Bonchev–Trinajstić information content (AvgIpc) is 3.16. The molecule has 0 aliphatic heterocycles. The van der Waals surface area contributed by atoms with Crippen molar-refractivity contribution in [2.45, 2.75) is 17.3 Å². The Morgan fingerprint density at radius 3 is 2.45 bits per heavy atom. The molecule has 2 aromatic heterocycles. The number of furan rings is 1. The maximum Gasteiger partial charge on any atom is 0.374 e. The number of esters is 1. The lowest BCUT2D eigenvalue weighted by atomic mass is 10.3. The van der Waals surface area contributed by atoms with E-state index < -0.39 is 32.8 Å². The minimum Gasteiger partial charge on any atom is -0.457 e. The van der Waals surface area contributed by atoms with Crippen LogP contribution in [0.25, 0.3) is 0 Å². The highest BCUT2D eigenvalue weighted by atomic mass is 32.2. The zero-order chi connectivity index (χ0) is 21.2. The van der Waals surface area contributed by atoms with Gasteiger partial charge in [-0.1, -0.05) is 18.2 Å². The van der Waals surface area contributed by atoms with E-state index in [-0.39, 0.29) is 28.5 Å². The Hall–Kier alpha value is -3.40. The van der Waals surface area contributed by atoms with Gasteiger partial charge in [-0.05, 0) is 18.2 Å². The molecule has 0 aliphatic carbocycles. The number of hydrogen-bond acceptors (Lipinski definition) is 7. The molecule has 0 atom stereocenters. The Bertz CT molecular complexity index is 1270. The van der Waals surface area contributed by atoms with E-state index in [1.54, 1.807) is 18.2 Å². The quantitative estimate of drug-likeness (QED) is 0.548. The van der Waals surface area contributed by atoms with E-state index in [0.29, 0.717) is 0 Å². The standard InChI is InChI=1S/C19H18N2O7S/c1-20-14(10-16(22)21(2)19(20)24)11-28-18(23)17-13(8-9-27-17)12-29(25,26)15-6-4-3-5-7-15/h3-10H,11-12H2,1-2H3. The summed E-state index contributed by atoms with van der Waals surface area (Å²) in [6.07, 6.45) is 1.19. The zero-order valence-electron chi connectivity index (χ0n) is 15.7. The van der Waals surface area contributed by atoms with Crippen LogP contribution in [0.5, 0.6) is 0 Å². The summed E-state index contributed by atoms with van der Waals surface area (Å²) in [7, 11) is -0.910. The fourth-order valence-corrected chi connectivity index (χ4v) is 4.04. The van der Waals surface area contributed by atoms with Gasteiger partial charge in [0.2, 0.25) is 5.76 Å². The van der Waals surface area contributed by atoms with Gasteiger partial charge in [0.15, 0.2) is 9.84 Å². The number of hydrogen-bond donors (Lipinski definition) is 0. The molecule has 0 fully saturated rings. The number of carbonyl (C=O) groups excluding carboxylic acids is 1. The molecule has 152 valence electrons. The smallest absolute Gasteiger partial charge is 0.374 e. The van der Waals surface area contributed by atoms with Crippen molar-refractivity contribution in [1.29, 1.82) is 0 Å². The van der Waals surface area contributed by atoms with Crippen LogP contribution in [0.1, 0.15) is 21.8 Å². The van der Waals surface area contributed by atoms with E-state index in [9.17, 15) is 22.8 Å². The van der Waals surface area contributed by atoms with Crippen molar-refractivity contribution in [3.05, 3.63) is 86.6 Å². The highest BCUT2D eigenvalue weighted by Gasteiger charge is 2.23. The number of aromatic nitrogens is 2. The SMILES string of the molecule is Cn1c(COC(=O)c2occc2CS(=O)(=O)c2ccccc2)cc(=O)n(C)c1=O. The second-order valence-electron chi connectivity index (χ2n) is 6.30. The van der Waals surface area contributed by atoms with Gasteiger partial charge in [0.05, 0.1) is 22.6 Å². The van der Waals surface area contributed by atoms with Gasteiger partial charge in [-0.15, -0.1) is 0 Å². The van der Waals surface area contributed by atoms with Crippen LogP contribution in [-0.4, -0.2) is 23.5 Å². The minimum atomic E-state index is -3.69. The zero-order valence-corrected chi connectivity index (χ0v) is 16.5. The van der Waals surface area contributed by atoms with Crippen LogP contribution in [0.3, 0.4) is 0 Å². The van der Waals surface area contributed by atoms with Gasteiger partial charge in [-0.2, -0.15) is 0 Å². The first-order valence-electron chi connectivity index (χ1n) is 8.48. The summed E-state index contributed by atoms with van der Waals surface area (Å²) < 4.78 is 37.4. The largest absolute Gasteiger partial charge is 0.457 e. The summed E-state index contributed by atoms with van der Waals surface area (Å²) in [5.74, 6) is -1.60. The van der Waals surface area contributed by atoms with Crippen molar-refractivity contribution in [1.82, 2.24) is 9.13 Å². The lowest BCUT2D eigenvalue weighted by molar-refractivity contribution is 0.0425. The van der Waals surface area contributed by atoms with Crippen molar-refractivity contribution < 1.29 is 22.4 Å².